The number of furan rings is 1. The molecule has 5 rings (SSSR count). The van der Waals surface area contributed by atoms with Gasteiger partial charge in [-0.15, -0.1) is 0 Å². The molecular weight excluding hydrogens is 437 g/mol. The van der Waals surface area contributed by atoms with Gasteiger partial charge in [-0.05, 0) is 41.5 Å². The summed E-state index contributed by atoms with van der Waals surface area (Å²) in [5.41, 5.74) is 2.26. The molecule has 174 valence electrons. The quantitative estimate of drug-likeness (QED) is 0.583. The number of piperazine rings is 1. The Bertz CT molecular complexity index is 1200. The third-order valence-corrected chi connectivity index (χ3v) is 6.50. The number of nitrogens with zero attached hydrogens (tertiary/aromatic N) is 3. The average Bonchev–Trinajstić information content (AvgIpc) is 3.52. The molecule has 1 saturated heterocycles. The Morgan fingerprint density at radius 3 is 2.29 bits per heavy atom. The number of hydrogen-bond acceptors (Lipinski definition) is 4. The third-order valence-electron chi connectivity index (χ3n) is 6.50. The van der Waals surface area contributed by atoms with Crippen molar-refractivity contribution in [3.63, 3.8) is 0 Å². The van der Waals surface area contributed by atoms with E-state index in [4.69, 9.17) is 4.42 Å². The summed E-state index contributed by atoms with van der Waals surface area (Å²) in [7, 11) is 0. The first kappa shape index (κ1) is 21.9. The first-order chi connectivity index (χ1) is 16.5. The van der Waals surface area contributed by atoms with Crippen LogP contribution in [0.25, 0.3) is 0 Å². The molecule has 0 spiro atoms. The standard InChI is InChI=1S/C26H24FN3O4/c27-20-9-7-18(8-10-20)22(30-17-19-4-1-2-5-21(19)25(30)32)16-24(31)28-11-13-29(14-12-28)26(33)23-6-3-15-34-23/h1-10,15,22H,11-14,16-17H2/t22-/m0/s1. The van der Waals surface area contributed by atoms with Crippen LogP contribution in [0.4, 0.5) is 4.39 Å². The summed E-state index contributed by atoms with van der Waals surface area (Å²) >= 11 is 0. The van der Waals surface area contributed by atoms with Crippen LogP contribution in [0.2, 0.25) is 0 Å². The van der Waals surface area contributed by atoms with Crippen molar-refractivity contribution < 1.29 is 23.2 Å². The summed E-state index contributed by atoms with van der Waals surface area (Å²) in [6, 6.07) is 16.1. The Labute approximate surface area is 196 Å². The van der Waals surface area contributed by atoms with Gasteiger partial charge in [0.1, 0.15) is 5.82 Å². The summed E-state index contributed by atoms with van der Waals surface area (Å²) < 4.78 is 18.8. The second kappa shape index (κ2) is 9.13. The van der Waals surface area contributed by atoms with E-state index in [9.17, 15) is 18.8 Å². The highest BCUT2D eigenvalue weighted by Crippen LogP contribution is 2.34. The van der Waals surface area contributed by atoms with Gasteiger partial charge in [0, 0.05) is 38.3 Å². The molecule has 1 fully saturated rings. The van der Waals surface area contributed by atoms with E-state index in [1.807, 2.05) is 18.2 Å². The van der Waals surface area contributed by atoms with E-state index in [0.717, 1.165) is 5.56 Å². The van der Waals surface area contributed by atoms with E-state index in [2.05, 4.69) is 0 Å². The van der Waals surface area contributed by atoms with E-state index in [-0.39, 0.29) is 35.7 Å². The van der Waals surface area contributed by atoms with Gasteiger partial charge in [0.15, 0.2) is 5.76 Å². The Balaban J connectivity index is 1.30. The molecule has 0 N–H and O–H groups in total. The lowest BCUT2D eigenvalue weighted by molar-refractivity contribution is -0.133. The molecule has 2 aliphatic heterocycles. The number of carbonyl (C=O) groups excluding carboxylic acids is 3. The van der Waals surface area contributed by atoms with E-state index >= 15 is 0 Å². The SMILES string of the molecule is O=C(C[C@@H](c1ccc(F)cc1)N1Cc2ccccc2C1=O)N1CCN(C(=O)c2ccco2)CC1. The zero-order chi connectivity index (χ0) is 23.7. The van der Waals surface area contributed by atoms with Crippen LogP contribution in [0.5, 0.6) is 0 Å². The third kappa shape index (κ3) is 4.19. The summed E-state index contributed by atoms with van der Waals surface area (Å²) in [5.74, 6) is -0.526. The topological polar surface area (TPSA) is 74.1 Å². The second-order valence-electron chi connectivity index (χ2n) is 8.51. The predicted molar refractivity (Wildman–Crippen MR) is 121 cm³/mol. The van der Waals surface area contributed by atoms with Crippen LogP contribution in [-0.4, -0.2) is 58.6 Å². The lowest BCUT2D eigenvalue weighted by Gasteiger charge is -2.36. The largest absolute Gasteiger partial charge is 0.459 e. The fourth-order valence-electron chi connectivity index (χ4n) is 4.63. The van der Waals surface area contributed by atoms with Gasteiger partial charge in [0.2, 0.25) is 5.91 Å². The average molecular weight is 461 g/mol. The fourth-order valence-corrected chi connectivity index (χ4v) is 4.63. The van der Waals surface area contributed by atoms with Crippen LogP contribution in [0.3, 0.4) is 0 Å². The Kier molecular flexibility index (Phi) is 5.88. The van der Waals surface area contributed by atoms with E-state index in [1.165, 1.54) is 18.4 Å². The van der Waals surface area contributed by atoms with Crippen LogP contribution in [-0.2, 0) is 11.3 Å². The van der Waals surface area contributed by atoms with Gasteiger partial charge in [-0.3, -0.25) is 14.4 Å². The monoisotopic (exact) mass is 461 g/mol. The maximum absolute atomic E-state index is 13.6. The molecule has 0 saturated carbocycles. The molecule has 1 atom stereocenters. The van der Waals surface area contributed by atoms with Crippen molar-refractivity contribution in [1.82, 2.24) is 14.7 Å². The lowest BCUT2D eigenvalue weighted by atomic mass is 10.0. The summed E-state index contributed by atoms with van der Waals surface area (Å²) in [5, 5.41) is 0. The van der Waals surface area contributed by atoms with Gasteiger partial charge in [-0.2, -0.15) is 0 Å². The van der Waals surface area contributed by atoms with Gasteiger partial charge in [0.05, 0.1) is 18.7 Å². The first-order valence-electron chi connectivity index (χ1n) is 11.3. The summed E-state index contributed by atoms with van der Waals surface area (Å²) in [4.78, 5) is 44.0. The van der Waals surface area contributed by atoms with E-state index in [0.29, 0.717) is 43.9 Å². The van der Waals surface area contributed by atoms with Crippen LogP contribution >= 0.6 is 0 Å². The Hall–Kier alpha value is -3.94. The molecule has 7 nitrogen and oxygen atoms in total. The van der Waals surface area contributed by atoms with Crippen LogP contribution < -0.4 is 0 Å². The Morgan fingerprint density at radius 1 is 0.912 bits per heavy atom. The first-order valence-corrected chi connectivity index (χ1v) is 11.3. The van der Waals surface area contributed by atoms with Crippen molar-refractivity contribution in [3.05, 3.63) is 95.2 Å². The minimum atomic E-state index is -0.518. The second-order valence-corrected chi connectivity index (χ2v) is 8.51. The molecule has 2 aliphatic rings. The molecule has 3 aromatic rings. The number of hydrogen-bond donors (Lipinski definition) is 0. The van der Waals surface area contributed by atoms with Crippen molar-refractivity contribution in [2.75, 3.05) is 26.2 Å². The molecule has 2 aromatic carbocycles. The lowest BCUT2D eigenvalue weighted by Crippen LogP contribution is -2.51. The van der Waals surface area contributed by atoms with Crippen LogP contribution in [0, 0.1) is 5.82 Å². The van der Waals surface area contributed by atoms with Crippen LogP contribution in [0.15, 0.2) is 71.3 Å². The molecule has 3 amide bonds. The highest BCUT2D eigenvalue weighted by atomic mass is 19.1. The molecule has 8 heteroatoms. The molecule has 1 aromatic heterocycles. The summed E-state index contributed by atoms with van der Waals surface area (Å²) in [6.07, 6.45) is 1.54. The molecule has 0 aliphatic carbocycles. The fraction of sp³-hybridized carbons (Fsp3) is 0.269. The summed E-state index contributed by atoms with van der Waals surface area (Å²) in [6.45, 7) is 2.00. The zero-order valence-electron chi connectivity index (χ0n) is 18.5. The maximum atomic E-state index is 13.6. The normalized spacial score (nSPS) is 16.5. The highest BCUT2D eigenvalue weighted by Gasteiger charge is 2.36. The number of halogens is 1. The van der Waals surface area contributed by atoms with Crippen molar-refractivity contribution in [3.8, 4) is 0 Å². The van der Waals surface area contributed by atoms with Gasteiger partial charge in [-0.1, -0.05) is 30.3 Å². The smallest absolute Gasteiger partial charge is 0.289 e. The van der Waals surface area contributed by atoms with Crippen molar-refractivity contribution >= 4 is 17.7 Å². The van der Waals surface area contributed by atoms with Gasteiger partial charge < -0.3 is 19.1 Å². The maximum Gasteiger partial charge on any atom is 0.289 e. The molecule has 0 radical (unpaired) electrons. The molecule has 0 bridgehead atoms. The number of amides is 3. The van der Waals surface area contributed by atoms with Crippen molar-refractivity contribution in [2.45, 2.75) is 19.0 Å². The van der Waals surface area contributed by atoms with E-state index in [1.54, 1.807) is 45.0 Å². The number of benzene rings is 2. The predicted octanol–water partition coefficient (Wildman–Crippen LogP) is 3.49. The van der Waals surface area contributed by atoms with E-state index < -0.39 is 6.04 Å². The minimum absolute atomic E-state index is 0.0808. The van der Waals surface area contributed by atoms with Gasteiger partial charge >= 0.3 is 0 Å². The van der Waals surface area contributed by atoms with Gasteiger partial charge in [-0.25, -0.2) is 4.39 Å². The number of rotatable bonds is 5. The minimum Gasteiger partial charge on any atom is -0.459 e. The zero-order valence-corrected chi connectivity index (χ0v) is 18.5. The van der Waals surface area contributed by atoms with Crippen molar-refractivity contribution in [1.29, 1.82) is 0 Å². The Morgan fingerprint density at radius 2 is 1.62 bits per heavy atom. The van der Waals surface area contributed by atoms with Crippen molar-refractivity contribution in [2.24, 2.45) is 0 Å². The molecular formula is C26H24FN3O4. The highest BCUT2D eigenvalue weighted by molar-refractivity contribution is 5.99. The van der Waals surface area contributed by atoms with Crippen LogP contribution in [0.1, 0.15) is 44.5 Å². The van der Waals surface area contributed by atoms with Gasteiger partial charge in [0.25, 0.3) is 11.8 Å². The number of fused-ring (bicyclic) bond motifs is 1. The molecule has 34 heavy (non-hydrogen) atoms. The molecule has 3 heterocycles. The molecule has 0 unspecified atom stereocenters. The number of carbonyl (C=O) groups is 3.